The van der Waals surface area contributed by atoms with Gasteiger partial charge in [-0.25, -0.2) is 0 Å². The number of nitriles is 1. The average Bonchev–Trinajstić information content (AvgIpc) is 2.67. The fourth-order valence-electron chi connectivity index (χ4n) is 2.91. The topological polar surface area (TPSA) is 82.0 Å². The zero-order chi connectivity index (χ0) is 20.1. The van der Waals surface area contributed by atoms with Crippen molar-refractivity contribution in [1.82, 2.24) is 5.32 Å². The van der Waals surface area contributed by atoms with E-state index in [9.17, 15) is 14.9 Å². The first-order valence-electron chi connectivity index (χ1n) is 8.65. The van der Waals surface area contributed by atoms with E-state index in [4.69, 9.17) is 0 Å². The normalized spacial score (nSPS) is 16.3. The van der Waals surface area contributed by atoms with Crippen LogP contribution in [-0.2, 0) is 9.59 Å². The molecular weight excluding hydrogens is 438 g/mol. The summed E-state index contributed by atoms with van der Waals surface area (Å²) in [5.41, 5.74) is 3.19. The number of nitrogens with one attached hydrogen (secondary N) is 2. The fourth-order valence-corrected chi connectivity index (χ4v) is 4.21. The maximum absolute atomic E-state index is 12.3. The van der Waals surface area contributed by atoms with E-state index in [1.807, 2.05) is 55.5 Å². The number of nitrogens with zero attached hydrogens (tertiary/aromatic N) is 1. The Morgan fingerprint density at radius 2 is 2.07 bits per heavy atom. The Kier molecular flexibility index (Phi) is 6.55. The summed E-state index contributed by atoms with van der Waals surface area (Å²) in [5, 5.41) is 15.7. The van der Waals surface area contributed by atoms with Crippen LogP contribution >= 0.6 is 27.7 Å². The maximum Gasteiger partial charge on any atom is 0.234 e. The second kappa shape index (κ2) is 9.09. The van der Waals surface area contributed by atoms with E-state index in [0.717, 1.165) is 15.6 Å². The number of hydrogen-bond acceptors (Lipinski definition) is 4. The van der Waals surface area contributed by atoms with Crippen LogP contribution in [0.5, 0.6) is 0 Å². The summed E-state index contributed by atoms with van der Waals surface area (Å²) in [6, 6.07) is 17.3. The number of aryl methyl sites for hydroxylation is 1. The minimum absolute atomic E-state index is 0.0971. The molecule has 7 heteroatoms. The molecule has 142 valence electrons. The van der Waals surface area contributed by atoms with Crippen molar-refractivity contribution >= 4 is 45.2 Å². The van der Waals surface area contributed by atoms with Gasteiger partial charge in [0.05, 0.1) is 22.4 Å². The van der Waals surface area contributed by atoms with E-state index in [-0.39, 0.29) is 29.9 Å². The number of benzene rings is 2. The van der Waals surface area contributed by atoms with Crippen molar-refractivity contribution in [3.63, 3.8) is 0 Å². The smallest absolute Gasteiger partial charge is 0.234 e. The van der Waals surface area contributed by atoms with Crippen molar-refractivity contribution < 1.29 is 9.59 Å². The highest BCUT2D eigenvalue weighted by Crippen LogP contribution is 2.36. The minimum atomic E-state index is -0.320. The molecule has 3 rings (SSSR count). The molecular formula is C21H18BrN3O2S. The lowest BCUT2D eigenvalue weighted by Crippen LogP contribution is -2.31. The Morgan fingerprint density at radius 3 is 2.75 bits per heavy atom. The molecule has 2 amide bonds. The Morgan fingerprint density at radius 1 is 1.32 bits per heavy atom. The summed E-state index contributed by atoms with van der Waals surface area (Å²) < 4.78 is 0.889. The maximum atomic E-state index is 12.3. The Hall–Kier alpha value is -2.56. The number of amides is 2. The summed E-state index contributed by atoms with van der Waals surface area (Å²) >= 11 is 4.60. The van der Waals surface area contributed by atoms with Crippen molar-refractivity contribution in [3.8, 4) is 6.07 Å². The van der Waals surface area contributed by atoms with Gasteiger partial charge in [0.25, 0.3) is 0 Å². The number of carbonyl (C=O) groups excluding carboxylic acids is 2. The van der Waals surface area contributed by atoms with E-state index in [2.05, 4.69) is 32.6 Å². The third-order valence-electron chi connectivity index (χ3n) is 4.29. The number of halogens is 1. The van der Waals surface area contributed by atoms with E-state index < -0.39 is 0 Å². The van der Waals surface area contributed by atoms with Gasteiger partial charge in [-0.1, -0.05) is 57.5 Å². The number of carbonyl (C=O) groups is 2. The summed E-state index contributed by atoms with van der Waals surface area (Å²) in [4.78, 5) is 24.4. The minimum Gasteiger partial charge on any atom is -0.325 e. The predicted molar refractivity (Wildman–Crippen MR) is 115 cm³/mol. The first-order valence-corrected chi connectivity index (χ1v) is 10.4. The molecule has 5 nitrogen and oxygen atoms in total. The lowest BCUT2D eigenvalue weighted by atomic mass is 9.87. The highest BCUT2D eigenvalue weighted by atomic mass is 79.9. The summed E-state index contributed by atoms with van der Waals surface area (Å²) in [5.74, 6) is -0.582. The molecule has 1 atom stereocenters. The number of anilines is 1. The highest BCUT2D eigenvalue weighted by molar-refractivity contribution is 9.10. The van der Waals surface area contributed by atoms with Crippen LogP contribution in [0.3, 0.4) is 0 Å². The first-order chi connectivity index (χ1) is 13.5. The monoisotopic (exact) mass is 455 g/mol. The van der Waals surface area contributed by atoms with Gasteiger partial charge in [0, 0.05) is 22.5 Å². The molecule has 2 aromatic rings. The molecule has 0 aromatic heterocycles. The summed E-state index contributed by atoms with van der Waals surface area (Å²) in [7, 11) is 0. The SMILES string of the molecule is Cc1ccc(NC(=O)CSC2=C(C#N)C(c3cccc(Br)c3)CC(=O)N2)cc1. The first kappa shape index (κ1) is 20.2. The zero-order valence-electron chi connectivity index (χ0n) is 15.2. The van der Waals surface area contributed by atoms with Crippen molar-refractivity contribution in [2.75, 3.05) is 11.1 Å². The zero-order valence-corrected chi connectivity index (χ0v) is 17.6. The van der Waals surface area contributed by atoms with Gasteiger partial charge in [0.2, 0.25) is 11.8 Å². The Balaban J connectivity index is 1.74. The van der Waals surface area contributed by atoms with E-state index >= 15 is 0 Å². The molecule has 1 heterocycles. The van der Waals surface area contributed by atoms with Crippen molar-refractivity contribution in [1.29, 1.82) is 5.26 Å². The van der Waals surface area contributed by atoms with Gasteiger partial charge < -0.3 is 10.6 Å². The molecule has 2 aromatic carbocycles. The Bertz CT molecular complexity index is 980. The molecule has 0 fully saturated rings. The molecule has 2 N–H and O–H groups in total. The number of hydrogen-bond donors (Lipinski definition) is 2. The van der Waals surface area contributed by atoms with Gasteiger partial charge in [-0.05, 0) is 36.8 Å². The third kappa shape index (κ3) is 5.03. The third-order valence-corrected chi connectivity index (χ3v) is 5.80. The van der Waals surface area contributed by atoms with Crippen LogP contribution < -0.4 is 10.6 Å². The van der Waals surface area contributed by atoms with Gasteiger partial charge in [-0.3, -0.25) is 9.59 Å². The summed E-state index contributed by atoms with van der Waals surface area (Å²) in [6.45, 7) is 1.98. The average molecular weight is 456 g/mol. The van der Waals surface area contributed by atoms with Gasteiger partial charge in [0.1, 0.15) is 0 Å². The van der Waals surface area contributed by atoms with Crippen LogP contribution in [-0.4, -0.2) is 17.6 Å². The lowest BCUT2D eigenvalue weighted by molar-refractivity contribution is -0.121. The van der Waals surface area contributed by atoms with Crippen LogP contribution in [0.2, 0.25) is 0 Å². The number of rotatable bonds is 5. The van der Waals surface area contributed by atoms with E-state index in [1.165, 1.54) is 11.8 Å². The molecule has 1 aliphatic heterocycles. The second-order valence-corrected chi connectivity index (χ2v) is 8.32. The van der Waals surface area contributed by atoms with E-state index in [0.29, 0.717) is 16.3 Å². The predicted octanol–water partition coefficient (Wildman–Crippen LogP) is 4.47. The fraction of sp³-hybridized carbons (Fsp3) is 0.190. The van der Waals surface area contributed by atoms with Gasteiger partial charge in [-0.15, -0.1) is 0 Å². The molecule has 0 saturated carbocycles. The van der Waals surface area contributed by atoms with Crippen molar-refractivity contribution in [2.24, 2.45) is 0 Å². The highest BCUT2D eigenvalue weighted by Gasteiger charge is 2.30. The van der Waals surface area contributed by atoms with Crippen LogP contribution in [0.25, 0.3) is 0 Å². The molecule has 0 aliphatic carbocycles. The van der Waals surface area contributed by atoms with Crippen molar-refractivity contribution in [3.05, 3.63) is 74.7 Å². The summed E-state index contributed by atoms with van der Waals surface area (Å²) in [6.07, 6.45) is 0.207. The Labute approximate surface area is 176 Å². The number of thioether (sulfide) groups is 1. The van der Waals surface area contributed by atoms with Gasteiger partial charge >= 0.3 is 0 Å². The molecule has 1 aliphatic rings. The standard InChI is InChI=1S/C21H18BrN3O2S/c1-13-5-7-16(8-6-13)24-20(27)12-28-21-18(11-23)17(10-19(26)25-21)14-3-2-4-15(22)9-14/h2-9,17H,10,12H2,1H3,(H,24,27)(H,25,26). The molecule has 0 spiro atoms. The van der Waals surface area contributed by atoms with Crippen LogP contribution in [0, 0.1) is 18.3 Å². The molecule has 0 bridgehead atoms. The quantitative estimate of drug-likeness (QED) is 0.696. The van der Waals surface area contributed by atoms with Gasteiger partial charge in [-0.2, -0.15) is 5.26 Å². The van der Waals surface area contributed by atoms with E-state index in [1.54, 1.807) is 0 Å². The van der Waals surface area contributed by atoms with Crippen LogP contribution in [0.4, 0.5) is 5.69 Å². The van der Waals surface area contributed by atoms with Crippen molar-refractivity contribution in [2.45, 2.75) is 19.3 Å². The molecule has 0 radical (unpaired) electrons. The van der Waals surface area contributed by atoms with Crippen LogP contribution in [0.15, 0.2) is 63.6 Å². The van der Waals surface area contributed by atoms with Crippen LogP contribution in [0.1, 0.15) is 23.5 Å². The largest absolute Gasteiger partial charge is 0.325 e. The molecule has 28 heavy (non-hydrogen) atoms. The van der Waals surface area contributed by atoms with Gasteiger partial charge in [0.15, 0.2) is 0 Å². The molecule has 1 unspecified atom stereocenters. The number of allylic oxidation sites excluding steroid dienone is 1. The molecule has 0 saturated heterocycles. The second-order valence-electron chi connectivity index (χ2n) is 6.42. The lowest BCUT2D eigenvalue weighted by Gasteiger charge is -2.25.